The summed E-state index contributed by atoms with van der Waals surface area (Å²) in [6, 6.07) is 4.27. The molecule has 0 aliphatic heterocycles. The summed E-state index contributed by atoms with van der Waals surface area (Å²) >= 11 is 0. The zero-order valence-corrected chi connectivity index (χ0v) is 10.3. The van der Waals surface area contributed by atoms with Gasteiger partial charge < -0.3 is 10.5 Å². The number of nitrogens with zero attached hydrogens (tertiary/aromatic N) is 3. The van der Waals surface area contributed by atoms with E-state index < -0.39 is 4.92 Å². The van der Waals surface area contributed by atoms with Crippen molar-refractivity contribution >= 4 is 5.69 Å². The van der Waals surface area contributed by atoms with E-state index in [4.69, 9.17) is 10.5 Å². The molecule has 0 saturated heterocycles. The molecule has 100 valence electrons. The Balaban J connectivity index is 2.45. The summed E-state index contributed by atoms with van der Waals surface area (Å²) in [5.41, 5.74) is 5.85. The van der Waals surface area contributed by atoms with Crippen LogP contribution < -0.4 is 10.5 Å². The molecule has 3 N–H and O–H groups in total. The van der Waals surface area contributed by atoms with Crippen molar-refractivity contribution < 1.29 is 9.66 Å². The van der Waals surface area contributed by atoms with Gasteiger partial charge in [0.15, 0.2) is 5.82 Å². The summed E-state index contributed by atoms with van der Waals surface area (Å²) < 4.78 is 5.16. The van der Waals surface area contributed by atoms with Crippen LogP contribution in [-0.2, 0) is 6.42 Å². The van der Waals surface area contributed by atoms with Gasteiger partial charge in [0.25, 0.3) is 5.69 Å². The van der Waals surface area contributed by atoms with Crippen LogP contribution >= 0.6 is 0 Å². The lowest BCUT2D eigenvalue weighted by atomic mass is 10.1. The topological polar surface area (TPSA) is 120 Å². The third-order valence-corrected chi connectivity index (χ3v) is 2.55. The highest BCUT2D eigenvalue weighted by Gasteiger charge is 2.16. The first kappa shape index (κ1) is 13.0. The number of non-ortho nitro benzene ring substituents is 1. The largest absolute Gasteiger partial charge is 0.496 e. The fraction of sp³-hybridized carbons (Fsp3) is 0.273. The first-order valence-electron chi connectivity index (χ1n) is 5.60. The van der Waals surface area contributed by atoms with Crippen LogP contribution in [0.2, 0.25) is 0 Å². The molecule has 0 atom stereocenters. The second-order valence-electron chi connectivity index (χ2n) is 3.79. The van der Waals surface area contributed by atoms with E-state index in [9.17, 15) is 10.1 Å². The van der Waals surface area contributed by atoms with E-state index in [1.165, 1.54) is 25.3 Å². The molecule has 19 heavy (non-hydrogen) atoms. The maximum Gasteiger partial charge on any atom is 0.270 e. The average molecular weight is 263 g/mol. The highest BCUT2D eigenvalue weighted by atomic mass is 16.6. The molecule has 0 fully saturated rings. The SMILES string of the molecule is COc1ccc([N+](=O)[O-])cc1-c1n[nH]c(CCN)n1. The smallest absolute Gasteiger partial charge is 0.270 e. The van der Waals surface area contributed by atoms with E-state index in [1.807, 2.05) is 0 Å². The van der Waals surface area contributed by atoms with Crippen molar-refractivity contribution in [1.29, 1.82) is 0 Å². The van der Waals surface area contributed by atoms with Crippen molar-refractivity contribution in [2.45, 2.75) is 6.42 Å². The third-order valence-electron chi connectivity index (χ3n) is 2.55. The van der Waals surface area contributed by atoms with Crippen molar-refractivity contribution in [3.05, 3.63) is 34.1 Å². The second-order valence-corrected chi connectivity index (χ2v) is 3.79. The van der Waals surface area contributed by atoms with Crippen molar-refractivity contribution in [2.24, 2.45) is 5.73 Å². The van der Waals surface area contributed by atoms with Crippen LogP contribution in [0.1, 0.15) is 5.82 Å². The summed E-state index contributed by atoms with van der Waals surface area (Å²) in [7, 11) is 1.48. The maximum absolute atomic E-state index is 10.8. The third kappa shape index (κ3) is 2.68. The summed E-state index contributed by atoms with van der Waals surface area (Å²) in [5, 5.41) is 17.5. The molecule has 0 saturated carbocycles. The molecule has 2 rings (SSSR count). The van der Waals surface area contributed by atoms with Gasteiger partial charge in [0.1, 0.15) is 11.6 Å². The zero-order valence-electron chi connectivity index (χ0n) is 10.3. The Morgan fingerprint density at radius 2 is 2.32 bits per heavy atom. The first-order chi connectivity index (χ1) is 9.15. The minimum absolute atomic E-state index is 0.0408. The molecule has 0 aliphatic rings. The maximum atomic E-state index is 10.8. The van der Waals surface area contributed by atoms with Crippen LogP contribution in [0.5, 0.6) is 5.75 Å². The van der Waals surface area contributed by atoms with E-state index in [2.05, 4.69) is 15.2 Å². The molecule has 1 aromatic carbocycles. The van der Waals surface area contributed by atoms with Gasteiger partial charge in [-0.3, -0.25) is 15.2 Å². The molecule has 0 spiro atoms. The lowest BCUT2D eigenvalue weighted by Gasteiger charge is -2.04. The standard InChI is InChI=1S/C11H13N5O3/c1-19-9-3-2-7(16(17)18)6-8(9)11-13-10(4-5-12)14-15-11/h2-3,6H,4-5,12H2,1H3,(H,13,14,15). The predicted octanol–water partition coefficient (Wildman–Crippen LogP) is 0.890. The minimum Gasteiger partial charge on any atom is -0.496 e. The predicted molar refractivity (Wildman–Crippen MR) is 67.8 cm³/mol. The molecule has 0 amide bonds. The van der Waals surface area contributed by atoms with E-state index in [0.717, 1.165) is 0 Å². The van der Waals surface area contributed by atoms with Crippen LogP contribution in [-0.4, -0.2) is 33.8 Å². The molecule has 1 aromatic heterocycles. The van der Waals surface area contributed by atoms with E-state index in [1.54, 1.807) is 0 Å². The quantitative estimate of drug-likeness (QED) is 0.610. The Labute approximate surface area is 108 Å². The summed E-state index contributed by atoms with van der Waals surface area (Å²) in [5.74, 6) is 1.46. The number of aromatic nitrogens is 3. The fourth-order valence-electron chi connectivity index (χ4n) is 1.65. The summed E-state index contributed by atoms with van der Waals surface area (Å²) in [4.78, 5) is 14.5. The van der Waals surface area contributed by atoms with Gasteiger partial charge in [0, 0.05) is 18.6 Å². The number of methoxy groups -OCH3 is 1. The second kappa shape index (κ2) is 5.44. The molecule has 1 heterocycles. The van der Waals surface area contributed by atoms with Gasteiger partial charge in [-0.2, -0.15) is 5.10 Å². The normalized spacial score (nSPS) is 10.4. The Morgan fingerprint density at radius 3 is 2.95 bits per heavy atom. The molecule has 0 unspecified atom stereocenters. The number of hydrogen-bond acceptors (Lipinski definition) is 6. The number of nitro benzene ring substituents is 1. The van der Waals surface area contributed by atoms with Crippen LogP contribution in [0.15, 0.2) is 18.2 Å². The molecule has 0 aliphatic carbocycles. The number of aromatic amines is 1. The zero-order chi connectivity index (χ0) is 13.8. The molecule has 0 bridgehead atoms. The van der Waals surface area contributed by atoms with Crippen molar-refractivity contribution in [2.75, 3.05) is 13.7 Å². The molecule has 8 nitrogen and oxygen atoms in total. The first-order valence-corrected chi connectivity index (χ1v) is 5.60. The van der Waals surface area contributed by atoms with Crippen molar-refractivity contribution in [3.8, 4) is 17.1 Å². The number of nitrogens with two attached hydrogens (primary N) is 1. The van der Waals surface area contributed by atoms with E-state index >= 15 is 0 Å². The van der Waals surface area contributed by atoms with Crippen molar-refractivity contribution in [3.63, 3.8) is 0 Å². The van der Waals surface area contributed by atoms with E-state index in [0.29, 0.717) is 35.9 Å². The summed E-state index contributed by atoms with van der Waals surface area (Å²) in [6.45, 7) is 0.445. The number of H-pyrrole nitrogens is 1. The van der Waals surface area contributed by atoms with Crippen LogP contribution in [0.4, 0.5) is 5.69 Å². The van der Waals surface area contributed by atoms with Crippen LogP contribution in [0, 0.1) is 10.1 Å². The fourth-order valence-corrected chi connectivity index (χ4v) is 1.65. The Morgan fingerprint density at radius 1 is 1.53 bits per heavy atom. The number of hydrogen-bond donors (Lipinski definition) is 2. The molecular formula is C11H13N5O3. The average Bonchev–Trinajstić information content (AvgIpc) is 2.87. The van der Waals surface area contributed by atoms with Gasteiger partial charge in [0.05, 0.1) is 17.6 Å². The highest BCUT2D eigenvalue weighted by molar-refractivity contribution is 5.67. The highest BCUT2D eigenvalue weighted by Crippen LogP contribution is 2.31. The Kier molecular flexibility index (Phi) is 3.71. The van der Waals surface area contributed by atoms with Gasteiger partial charge in [-0.05, 0) is 12.6 Å². The van der Waals surface area contributed by atoms with Gasteiger partial charge >= 0.3 is 0 Å². The number of nitrogens with one attached hydrogen (secondary N) is 1. The number of benzene rings is 1. The van der Waals surface area contributed by atoms with Crippen molar-refractivity contribution in [1.82, 2.24) is 15.2 Å². The Hall–Kier alpha value is -2.48. The van der Waals surface area contributed by atoms with Gasteiger partial charge in [-0.15, -0.1) is 0 Å². The molecule has 2 aromatic rings. The van der Waals surface area contributed by atoms with E-state index in [-0.39, 0.29) is 5.69 Å². The van der Waals surface area contributed by atoms with Crippen LogP contribution in [0.25, 0.3) is 11.4 Å². The number of rotatable bonds is 5. The summed E-state index contributed by atoms with van der Waals surface area (Å²) in [6.07, 6.45) is 0.560. The van der Waals surface area contributed by atoms with Crippen LogP contribution in [0.3, 0.4) is 0 Å². The van der Waals surface area contributed by atoms with Gasteiger partial charge in [-0.1, -0.05) is 0 Å². The number of nitro groups is 1. The minimum atomic E-state index is -0.476. The lowest BCUT2D eigenvalue weighted by Crippen LogP contribution is -2.03. The molecule has 8 heteroatoms. The van der Waals surface area contributed by atoms with Gasteiger partial charge in [-0.25, -0.2) is 4.98 Å². The lowest BCUT2D eigenvalue weighted by molar-refractivity contribution is -0.384. The molecule has 0 radical (unpaired) electrons. The Bertz CT molecular complexity index is 596. The monoisotopic (exact) mass is 263 g/mol. The number of ether oxygens (including phenoxy) is 1. The van der Waals surface area contributed by atoms with Gasteiger partial charge in [0.2, 0.25) is 0 Å². The molecular weight excluding hydrogens is 250 g/mol.